The summed E-state index contributed by atoms with van der Waals surface area (Å²) in [7, 11) is 1.63. The molecule has 2 aromatic carbocycles. The number of carbonyl (C=O) groups excluding carboxylic acids is 1. The van der Waals surface area contributed by atoms with E-state index in [4.69, 9.17) is 33.2 Å². The van der Waals surface area contributed by atoms with Crippen molar-refractivity contribution < 1.29 is 38.0 Å². The van der Waals surface area contributed by atoms with E-state index in [-0.39, 0.29) is 30.3 Å². The number of aromatic amines is 1. The summed E-state index contributed by atoms with van der Waals surface area (Å²) in [5.41, 5.74) is 2.76. The van der Waals surface area contributed by atoms with Crippen LogP contribution in [0.25, 0.3) is 21.9 Å². The molecule has 11 heteroatoms. The number of fused-ring (bicyclic) bond motifs is 2. The molecule has 4 aromatic rings. The number of para-hydroxylation sites is 1. The molecular weight excluding hydrogens is 580 g/mol. The molecule has 0 saturated heterocycles. The summed E-state index contributed by atoms with van der Waals surface area (Å²) in [4.78, 5) is 30.4. The first-order chi connectivity index (χ1) is 22.0. The number of amides is 1. The summed E-state index contributed by atoms with van der Waals surface area (Å²) in [5, 5.41) is 13.3. The van der Waals surface area contributed by atoms with Crippen LogP contribution in [0, 0.1) is 5.92 Å². The van der Waals surface area contributed by atoms with Crippen LogP contribution in [0.1, 0.15) is 30.4 Å². The van der Waals surface area contributed by atoms with E-state index in [9.17, 15) is 9.59 Å². The second-order valence-electron chi connectivity index (χ2n) is 10.6. The molecule has 2 aromatic heterocycles. The fourth-order valence-corrected chi connectivity index (χ4v) is 5.61. The van der Waals surface area contributed by atoms with Crippen LogP contribution in [0.4, 0.5) is 0 Å². The minimum Gasteiger partial charge on any atom is -0.497 e. The monoisotopic (exact) mass is 620 g/mol. The molecule has 3 heterocycles. The van der Waals surface area contributed by atoms with Crippen molar-refractivity contribution in [1.82, 2.24) is 10.3 Å². The quantitative estimate of drug-likeness (QED) is 0.158. The lowest BCUT2D eigenvalue weighted by molar-refractivity contribution is -0.168. The van der Waals surface area contributed by atoms with Crippen molar-refractivity contribution in [3.63, 3.8) is 0 Å². The van der Waals surface area contributed by atoms with Gasteiger partial charge in [-0.3, -0.25) is 9.59 Å². The largest absolute Gasteiger partial charge is 0.497 e. The Labute approximate surface area is 261 Å². The average Bonchev–Trinajstić information content (AvgIpc) is 3.47. The third-order valence-corrected chi connectivity index (χ3v) is 7.86. The van der Waals surface area contributed by atoms with Crippen molar-refractivity contribution in [2.75, 3.05) is 53.3 Å². The maximum atomic E-state index is 13.7. The van der Waals surface area contributed by atoms with E-state index < -0.39 is 18.1 Å². The number of aliphatic hydroxyl groups excluding tert-OH is 1. The van der Waals surface area contributed by atoms with Crippen molar-refractivity contribution in [3.8, 4) is 5.75 Å². The van der Waals surface area contributed by atoms with Gasteiger partial charge >= 0.3 is 0 Å². The molecule has 0 radical (unpaired) electrons. The van der Waals surface area contributed by atoms with Gasteiger partial charge in [0.2, 0.25) is 6.29 Å². The predicted octanol–water partition coefficient (Wildman–Crippen LogP) is 4.03. The summed E-state index contributed by atoms with van der Waals surface area (Å²) in [6, 6.07) is 12.9. The summed E-state index contributed by atoms with van der Waals surface area (Å²) in [6.07, 6.45) is 5.36. The molecule has 1 amide bonds. The number of benzene rings is 2. The van der Waals surface area contributed by atoms with Gasteiger partial charge in [-0.25, -0.2) is 0 Å². The van der Waals surface area contributed by atoms with Crippen molar-refractivity contribution >= 4 is 27.8 Å². The molecule has 1 aliphatic heterocycles. The molecule has 11 nitrogen and oxygen atoms in total. The molecule has 0 aliphatic carbocycles. The number of aliphatic hydroxyl groups is 1. The summed E-state index contributed by atoms with van der Waals surface area (Å²) >= 11 is 0. The smallest absolute Gasteiger partial charge is 0.286 e. The van der Waals surface area contributed by atoms with E-state index in [1.54, 1.807) is 31.4 Å². The van der Waals surface area contributed by atoms with Crippen LogP contribution in [0.3, 0.4) is 0 Å². The van der Waals surface area contributed by atoms with E-state index in [1.807, 2.05) is 37.4 Å². The zero-order chi connectivity index (χ0) is 31.6. The Morgan fingerprint density at radius 3 is 2.69 bits per heavy atom. The van der Waals surface area contributed by atoms with E-state index in [2.05, 4.69) is 10.3 Å². The first kappa shape index (κ1) is 32.2. The number of ether oxygens (including phenoxy) is 5. The molecule has 1 aliphatic rings. The Balaban J connectivity index is 1.36. The van der Waals surface area contributed by atoms with E-state index in [0.29, 0.717) is 62.3 Å². The number of carbonyl (C=O) groups is 1. The highest BCUT2D eigenvalue weighted by atomic mass is 16.7. The third kappa shape index (κ3) is 7.74. The number of methoxy groups -OCH3 is 1. The van der Waals surface area contributed by atoms with Crippen LogP contribution in [0.15, 0.2) is 76.0 Å². The van der Waals surface area contributed by atoms with E-state index in [0.717, 1.165) is 22.2 Å². The minimum atomic E-state index is -0.799. The Morgan fingerprint density at radius 1 is 1.07 bits per heavy atom. The molecule has 0 unspecified atom stereocenters. The van der Waals surface area contributed by atoms with Crippen LogP contribution >= 0.6 is 0 Å². The maximum absolute atomic E-state index is 13.7. The van der Waals surface area contributed by atoms with Gasteiger partial charge < -0.3 is 43.5 Å². The highest BCUT2D eigenvalue weighted by molar-refractivity contribution is 5.92. The van der Waals surface area contributed by atoms with Gasteiger partial charge in [-0.05, 0) is 61.7 Å². The van der Waals surface area contributed by atoms with Crippen LogP contribution in [0.5, 0.6) is 5.75 Å². The standard InChI is InChI=1S/C34H40N2O9/c1-3-43-34-24(11-14-41-16-17-42-15-13-37)27(28-21-44-30-7-5-4-6-25(30)32(28)38)19-31(45-34)33(39)35-12-10-22-20-36-29-9-8-23(40-2)18-26(22)29/h4-9,18-21,24,27,34,36-37H,3,10-17H2,1-2H3,(H,35,39)/t24-,27+,34-/m1/s1. The number of allylic oxidation sites excluding steroid dienone is 1. The molecule has 45 heavy (non-hydrogen) atoms. The Morgan fingerprint density at radius 2 is 1.89 bits per heavy atom. The lowest BCUT2D eigenvalue weighted by Crippen LogP contribution is -2.40. The number of nitrogens with one attached hydrogen (secondary N) is 2. The Bertz CT molecular complexity index is 1660. The molecule has 3 N–H and O–H groups in total. The van der Waals surface area contributed by atoms with Gasteiger partial charge in [-0.1, -0.05) is 12.1 Å². The van der Waals surface area contributed by atoms with Crippen molar-refractivity contribution in [2.45, 2.75) is 32.0 Å². The molecule has 0 saturated carbocycles. The summed E-state index contributed by atoms with van der Waals surface area (Å²) in [6.45, 7) is 3.80. The number of hydrogen-bond acceptors (Lipinski definition) is 9. The first-order valence-electron chi connectivity index (χ1n) is 15.2. The van der Waals surface area contributed by atoms with Crippen molar-refractivity contribution in [2.24, 2.45) is 5.92 Å². The topological polar surface area (TPSA) is 141 Å². The first-order valence-corrected chi connectivity index (χ1v) is 15.2. The van der Waals surface area contributed by atoms with Crippen LogP contribution in [-0.4, -0.2) is 75.6 Å². The van der Waals surface area contributed by atoms with E-state index >= 15 is 0 Å². The van der Waals surface area contributed by atoms with Crippen LogP contribution in [-0.2, 0) is 30.2 Å². The second-order valence-corrected chi connectivity index (χ2v) is 10.6. The van der Waals surface area contributed by atoms with Gasteiger partial charge in [0.25, 0.3) is 5.91 Å². The highest BCUT2D eigenvalue weighted by Gasteiger charge is 2.39. The predicted molar refractivity (Wildman–Crippen MR) is 168 cm³/mol. The van der Waals surface area contributed by atoms with Gasteiger partial charge in [-0.15, -0.1) is 0 Å². The van der Waals surface area contributed by atoms with Crippen LogP contribution < -0.4 is 15.5 Å². The highest BCUT2D eigenvalue weighted by Crippen LogP contribution is 2.38. The minimum absolute atomic E-state index is 0.0496. The second kappa shape index (κ2) is 15.7. The molecule has 3 atom stereocenters. The molecule has 0 bridgehead atoms. The van der Waals surface area contributed by atoms with Gasteiger partial charge in [0.1, 0.15) is 11.3 Å². The summed E-state index contributed by atoms with van der Waals surface area (Å²) in [5.74, 6) is -0.434. The van der Waals surface area contributed by atoms with Gasteiger partial charge in [0.05, 0.1) is 45.2 Å². The third-order valence-electron chi connectivity index (χ3n) is 7.86. The number of aromatic nitrogens is 1. The Kier molecular flexibility index (Phi) is 11.3. The average molecular weight is 621 g/mol. The zero-order valence-corrected chi connectivity index (χ0v) is 25.6. The van der Waals surface area contributed by atoms with Gasteiger partial charge in [-0.2, -0.15) is 0 Å². The SMILES string of the molecule is CCO[C@@H]1OC(C(=O)NCCc2c[nH]c3ccc(OC)cc23)=C[C@H](c2coc3ccccc3c2=O)[C@H]1CCOCCOCCO. The van der Waals surface area contributed by atoms with E-state index in [1.165, 1.54) is 6.26 Å². The summed E-state index contributed by atoms with van der Waals surface area (Å²) < 4.78 is 34.4. The van der Waals surface area contributed by atoms with Gasteiger partial charge in [0.15, 0.2) is 11.2 Å². The maximum Gasteiger partial charge on any atom is 0.286 e. The number of H-pyrrole nitrogens is 1. The molecular formula is C34H40N2O9. The van der Waals surface area contributed by atoms with Crippen LogP contribution in [0.2, 0.25) is 0 Å². The normalized spacial score (nSPS) is 18.1. The lowest BCUT2D eigenvalue weighted by Gasteiger charge is -2.36. The molecule has 5 rings (SSSR count). The van der Waals surface area contributed by atoms with Crippen molar-refractivity contribution in [3.05, 3.63) is 88.1 Å². The molecule has 0 fully saturated rings. The van der Waals surface area contributed by atoms with Crippen molar-refractivity contribution in [1.29, 1.82) is 0 Å². The molecule has 0 spiro atoms. The zero-order valence-electron chi connectivity index (χ0n) is 25.6. The fourth-order valence-electron chi connectivity index (χ4n) is 5.61. The fraction of sp³-hybridized carbons (Fsp3) is 0.412. The molecule has 240 valence electrons. The van der Waals surface area contributed by atoms with Gasteiger partial charge in [0, 0.05) is 54.3 Å². The number of rotatable bonds is 16. The number of hydrogen-bond donors (Lipinski definition) is 3. The lowest BCUT2D eigenvalue weighted by atomic mass is 9.81. The Hall–Kier alpha value is -4.16.